The van der Waals surface area contributed by atoms with Crippen molar-refractivity contribution < 1.29 is 9.59 Å². The van der Waals surface area contributed by atoms with Crippen LogP contribution in [-0.2, 0) is 22.4 Å². The van der Waals surface area contributed by atoms with E-state index in [0.29, 0.717) is 18.8 Å². The first-order valence-electron chi connectivity index (χ1n) is 10.4. The summed E-state index contributed by atoms with van der Waals surface area (Å²) in [7, 11) is 0. The molecule has 1 fully saturated rings. The fourth-order valence-corrected chi connectivity index (χ4v) is 4.58. The fraction of sp³-hybridized carbons (Fsp3) is 0.417. The molecule has 2 aliphatic heterocycles. The van der Waals surface area contributed by atoms with Gasteiger partial charge in [-0.3, -0.25) is 14.5 Å². The van der Waals surface area contributed by atoms with E-state index in [1.807, 2.05) is 42.2 Å². The molecule has 2 amide bonds. The number of hydrogen-bond acceptors (Lipinski definition) is 2. The molecule has 2 aromatic carbocycles. The first-order valence-corrected chi connectivity index (χ1v) is 10.4. The normalized spacial score (nSPS) is 19.5. The van der Waals surface area contributed by atoms with E-state index >= 15 is 0 Å². The maximum atomic E-state index is 13.3. The van der Waals surface area contributed by atoms with Crippen LogP contribution in [0.25, 0.3) is 0 Å². The fourth-order valence-electron chi connectivity index (χ4n) is 4.58. The minimum absolute atomic E-state index is 0.0299. The Morgan fingerprint density at radius 2 is 1.64 bits per heavy atom. The number of piperidine rings is 1. The molecule has 0 bridgehead atoms. The summed E-state index contributed by atoms with van der Waals surface area (Å²) in [5, 5.41) is 0. The van der Waals surface area contributed by atoms with Crippen LogP contribution in [0.2, 0.25) is 0 Å². The molecular formula is C24H28N2O2. The molecule has 4 rings (SSSR count). The van der Waals surface area contributed by atoms with Crippen LogP contribution in [0.1, 0.15) is 37.3 Å². The molecule has 28 heavy (non-hydrogen) atoms. The lowest BCUT2D eigenvalue weighted by Gasteiger charge is -2.35. The van der Waals surface area contributed by atoms with E-state index in [0.717, 1.165) is 43.6 Å². The van der Waals surface area contributed by atoms with Gasteiger partial charge in [0, 0.05) is 31.6 Å². The van der Waals surface area contributed by atoms with E-state index in [1.165, 1.54) is 5.56 Å². The Morgan fingerprint density at radius 1 is 0.964 bits per heavy atom. The summed E-state index contributed by atoms with van der Waals surface area (Å²) >= 11 is 0. The van der Waals surface area contributed by atoms with Gasteiger partial charge in [0.1, 0.15) is 6.04 Å². The SMILES string of the molecule is CCC(=O)N1c2ccccc2C[C@H]1C(=O)N1CCC(Cc2ccccc2)CC1. The molecule has 1 atom stereocenters. The lowest BCUT2D eigenvalue weighted by atomic mass is 9.90. The van der Waals surface area contributed by atoms with Crippen LogP contribution in [0.3, 0.4) is 0 Å². The zero-order chi connectivity index (χ0) is 19.5. The van der Waals surface area contributed by atoms with Crippen LogP contribution in [0.5, 0.6) is 0 Å². The number of carbonyl (C=O) groups excluding carboxylic acids is 2. The van der Waals surface area contributed by atoms with Crippen molar-refractivity contribution in [3.8, 4) is 0 Å². The summed E-state index contributed by atoms with van der Waals surface area (Å²) in [6.45, 7) is 3.44. The third-order valence-electron chi connectivity index (χ3n) is 6.13. The lowest BCUT2D eigenvalue weighted by Crippen LogP contribution is -2.51. The molecule has 0 unspecified atom stereocenters. The maximum absolute atomic E-state index is 13.3. The molecule has 0 spiro atoms. The highest BCUT2D eigenvalue weighted by Crippen LogP contribution is 2.34. The Balaban J connectivity index is 1.41. The van der Waals surface area contributed by atoms with Crippen LogP contribution in [0, 0.1) is 5.92 Å². The predicted molar refractivity (Wildman–Crippen MR) is 111 cm³/mol. The minimum Gasteiger partial charge on any atom is -0.341 e. The number of hydrogen-bond donors (Lipinski definition) is 0. The lowest BCUT2D eigenvalue weighted by molar-refractivity contribution is -0.135. The van der Waals surface area contributed by atoms with Crippen molar-refractivity contribution in [2.45, 2.75) is 45.1 Å². The second kappa shape index (κ2) is 8.17. The maximum Gasteiger partial charge on any atom is 0.246 e. The number of fused-ring (bicyclic) bond motifs is 1. The quantitative estimate of drug-likeness (QED) is 0.814. The summed E-state index contributed by atoms with van der Waals surface area (Å²) in [6.07, 6.45) is 4.18. The summed E-state index contributed by atoms with van der Waals surface area (Å²) in [4.78, 5) is 29.6. The summed E-state index contributed by atoms with van der Waals surface area (Å²) < 4.78 is 0. The summed E-state index contributed by atoms with van der Waals surface area (Å²) in [6, 6.07) is 18.1. The average molecular weight is 377 g/mol. The minimum atomic E-state index is -0.379. The first kappa shape index (κ1) is 18.7. The van der Waals surface area contributed by atoms with Gasteiger partial charge in [0.2, 0.25) is 11.8 Å². The number of carbonyl (C=O) groups is 2. The number of benzene rings is 2. The van der Waals surface area contributed by atoms with Crippen LogP contribution < -0.4 is 4.90 Å². The van der Waals surface area contributed by atoms with E-state index < -0.39 is 0 Å². The summed E-state index contributed by atoms with van der Waals surface area (Å²) in [5.74, 6) is 0.763. The van der Waals surface area contributed by atoms with Gasteiger partial charge in [-0.15, -0.1) is 0 Å². The molecule has 0 radical (unpaired) electrons. The van der Waals surface area contributed by atoms with E-state index in [-0.39, 0.29) is 17.9 Å². The molecule has 2 aliphatic rings. The first-order chi connectivity index (χ1) is 13.7. The number of nitrogens with zero attached hydrogens (tertiary/aromatic N) is 2. The van der Waals surface area contributed by atoms with Crippen molar-refractivity contribution in [1.82, 2.24) is 4.90 Å². The van der Waals surface area contributed by atoms with Gasteiger partial charge in [-0.05, 0) is 42.4 Å². The molecule has 0 aliphatic carbocycles. The number of amides is 2. The van der Waals surface area contributed by atoms with Crippen molar-refractivity contribution >= 4 is 17.5 Å². The molecule has 4 nitrogen and oxygen atoms in total. The highest BCUT2D eigenvalue weighted by Gasteiger charge is 2.40. The summed E-state index contributed by atoms with van der Waals surface area (Å²) in [5.41, 5.74) is 3.38. The van der Waals surface area contributed by atoms with Gasteiger partial charge in [-0.2, -0.15) is 0 Å². The van der Waals surface area contributed by atoms with E-state index in [9.17, 15) is 9.59 Å². The van der Waals surface area contributed by atoms with Crippen molar-refractivity contribution in [1.29, 1.82) is 0 Å². The van der Waals surface area contributed by atoms with Crippen molar-refractivity contribution in [2.75, 3.05) is 18.0 Å². The highest BCUT2D eigenvalue weighted by atomic mass is 16.2. The number of rotatable bonds is 4. The molecular weight excluding hydrogens is 348 g/mol. The van der Waals surface area contributed by atoms with Gasteiger partial charge in [0.15, 0.2) is 0 Å². The zero-order valence-corrected chi connectivity index (χ0v) is 16.5. The highest BCUT2D eigenvalue weighted by molar-refractivity contribution is 6.03. The molecule has 0 aromatic heterocycles. The van der Waals surface area contributed by atoms with Crippen LogP contribution >= 0.6 is 0 Å². The van der Waals surface area contributed by atoms with E-state index in [2.05, 4.69) is 24.3 Å². The van der Waals surface area contributed by atoms with Crippen molar-refractivity contribution in [3.63, 3.8) is 0 Å². The van der Waals surface area contributed by atoms with Gasteiger partial charge in [0.25, 0.3) is 0 Å². The van der Waals surface area contributed by atoms with Crippen LogP contribution in [0.4, 0.5) is 5.69 Å². The Hall–Kier alpha value is -2.62. The monoisotopic (exact) mass is 376 g/mol. The number of para-hydroxylation sites is 1. The Kier molecular flexibility index (Phi) is 5.47. The second-order valence-electron chi connectivity index (χ2n) is 7.92. The Bertz CT molecular complexity index is 841. The largest absolute Gasteiger partial charge is 0.341 e. The van der Waals surface area contributed by atoms with Crippen molar-refractivity contribution in [3.05, 3.63) is 65.7 Å². The molecule has 1 saturated heterocycles. The third-order valence-corrected chi connectivity index (χ3v) is 6.13. The zero-order valence-electron chi connectivity index (χ0n) is 16.5. The molecule has 2 heterocycles. The predicted octanol–water partition coefficient (Wildman–Crippen LogP) is 3.84. The van der Waals surface area contributed by atoms with Crippen molar-refractivity contribution in [2.24, 2.45) is 5.92 Å². The van der Waals surface area contributed by atoms with Gasteiger partial charge < -0.3 is 4.90 Å². The van der Waals surface area contributed by atoms with Gasteiger partial charge in [0.05, 0.1) is 0 Å². The Labute approximate surface area is 167 Å². The van der Waals surface area contributed by atoms with Gasteiger partial charge in [-0.25, -0.2) is 0 Å². The van der Waals surface area contributed by atoms with Gasteiger partial charge >= 0.3 is 0 Å². The van der Waals surface area contributed by atoms with E-state index in [1.54, 1.807) is 4.90 Å². The Morgan fingerprint density at radius 3 is 2.36 bits per heavy atom. The molecule has 146 valence electrons. The molecule has 2 aromatic rings. The number of anilines is 1. The standard InChI is InChI=1S/C24H28N2O2/c1-2-23(27)26-21-11-7-6-10-20(21)17-22(26)24(28)25-14-12-19(13-15-25)16-18-8-4-3-5-9-18/h3-11,19,22H,2,12-17H2,1H3/t22-/m0/s1. The van der Waals surface area contributed by atoms with E-state index in [4.69, 9.17) is 0 Å². The number of likely N-dealkylation sites (tertiary alicyclic amines) is 1. The third kappa shape index (κ3) is 3.68. The van der Waals surface area contributed by atoms with Crippen LogP contribution in [-0.4, -0.2) is 35.8 Å². The smallest absolute Gasteiger partial charge is 0.246 e. The molecule has 4 heteroatoms. The van der Waals surface area contributed by atoms with Gasteiger partial charge in [-0.1, -0.05) is 55.5 Å². The van der Waals surface area contributed by atoms with Crippen LogP contribution in [0.15, 0.2) is 54.6 Å². The molecule has 0 saturated carbocycles. The second-order valence-corrected chi connectivity index (χ2v) is 7.92. The average Bonchev–Trinajstić information content (AvgIpc) is 3.13. The molecule has 0 N–H and O–H groups in total. The topological polar surface area (TPSA) is 40.6 Å².